The highest BCUT2D eigenvalue weighted by molar-refractivity contribution is 6.12. The molecule has 0 fully saturated rings. The molecule has 0 spiro atoms. The van der Waals surface area contributed by atoms with E-state index in [0.29, 0.717) is 24.3 Å². The first-order valence-corrected chi connectivity index (χ1v) is 12.5. The maximum atomic E-state index is 13.0. The Bertz CT molecular complexity index is 827. The van der Waals surface area contributed by atoms with Crippen molar-refractivity contribution >= 4 is 22.7 Å². The fourth-order valence-electron chi connectivity index (χ4n) is 3.91. The summed E-state index contributed by atoms with van der Waals surface area (Å²) in [6.07, 6.45) is 13.5. The number of unbranched alkanes of at least 4 members (excludes halogenated alkanes) is 10. The van der Waals surface area contributed by atoms with Crippen LogP contribution in [-0.2, 0) is 9.47 Å². The van der Waals surface area contributed by atoms with Gasteiger partial charge in [-0.2, -0.15) is 0 Å². The van der Waals surface area contributed by atoms with Crippen molar-refractivity contribution in [2.45, 2.75) is 90.9 Å². The summed E-state index contributed by atoms with van der Waals surface area (Å²) in [5, 5.41) is 1.64. The fraction of sp³-hybridized carbons (Fsp3) is 0.571. The van der Waals surface area contributed by atoms with Crippen LogP contribution in [0.25, 0.3) is 10.8 Å². The summed E-state index contributed by atoms with van der Waals surface area (Å²) >= 11 is 0. The lowest BCUT2D eigenvalue weighted by molar-refractivity contribution is 0.0452. The van der Waals surface area contributed by atoms with E-state index in [2.05, 4.69) is 13.8 Å². The summed E-state index contributed by atoms with van der Waals surface area (Å²) in [4.78, 5) is 25.8. The topological polar surface area (TPSA) is 52.6 Å². The molecule has 0 aliphatic carbocycles. The van der Waals surface area contributed by atoms with E-state index in [-0.39, 0.29) is 0 Å². The molecule has 0 unspecified atom stereocenters. The van der Waals surface area contributed by atoms with E-state index < -0.39 is 11.9 Å². The van der Waals surface area contributed by atoms with E-state index in [9.17, 15) is 9.59 Å². The minimum atomic E-state index is -0.448. The summed E-state index contributed by atoms with van der Waals surface area (Å²) in [7, 11) is 0. The van der Waals surface area contributed by atoms with Crippen molar-refractivity contribution in [1.29, 1.82) is 0 Å². The van der Waals surface area contributed by atoms with Gasteiger partial charge in [-0.1, -0.05) is 108 Å². The van der Waals surface area contributed by atoms with Crippen molar-refractivity contribution in [1.82, 2.24) is 0 Å². The number of hydrogen-bond acceptors (Lipinski definition) is 4. The zero-order valence-electron chi connectivity index (χ0n) is 20.0. The highest BCUT2D eigenvalue weighted by Crippen LogP contribution is 2.24. The number of hydrogen-bond donors (Lipinski definition) is 0. The van der Waals surface area contributed by atoms with Crippen LogP contribution in [0.5, 0.6) is 0 Å². The van der Waals surface area contributed by atoms with Crippen LogP contribution in [-0.4, -0.2) is 25.2 Å². The molecule has 0 radical (unpaired) electrons. The van der Waals surface area contributed by atoms with Crippen molar-refractivity contribution in [3.8, 4) is 0 Å². The number of fused-ring (bicyclic) bond motifs is 1. The van der Waals surface area contributed by atoms with Crippen LogP contribution in [0.15, 0.2) is 36.4 Å². The molecule has 0 aliphatic rings. The van der Waals surface area contributed by atoms with Crippen molar-refractivity contribution in [3.63, 3.8) is 0 Å². The molecule has 4 heteroatoms. The highest BCUT2D eigenvalue weighted by Gasteiger charge is 2.22. The predicted molar refractivity (Wildman–Crippen MR) is 131 cm³/mol. The van der Waals surface area contributed by atoms with Crippen LogP contribution < -0.4 is 0 Å². The van der Waals surface area contributed by atoms with Crippen LogP contribution >= 0.6 is 0 Å². The Kier molecular flexibility index (Phi) is 12.5. The molecule has 2 aromatic rings. The van der Waals surface area contributed by atoms with Crippen LogP contribution in [0.4, 0.5) is 0 Å². The largest absolute Gasteiger partial charge is 0.462 e. The molecule has 0 heterocycles. The lowest BCUT2D eigenvalue weighted by atomic mass is 9.99. The minimum absolute atomic E-state index is 0.294. The molecule has 0 N–H and O–H groups in total. The van der Waals surface area contributed by atoms with Gasteiger partial charge in [-0.25, -0.2) is 9.59 Å². The molecule has 0 aliphatic heterocycles. The Hall–Kier alpha value is -2.36. The number of ether oxygens (including phenoxy) is 2. The van der Waals surface area contributed by atoms with Gasteiger partial charge in [-0.15, -0.1) is 0 Å². The van der Waals surface area contributed by atoms with Crippen molar-refractivity contribution in [2.24, 2.45) is 0 Å². The summed E-state index contributed by atoms with van der Waals surface area (Å²) in [6.45, 7) is 5.15. The number of esters is 2. The number of carbonyl (C=O) groups excluding carboxylic acids is 2. The fourth-order valence-corrected chi connectivity index (χ4v) is 3.91. The van der Waals surface area contributed by atoms with Crippen LogP contribution in [0.1, 0.15) is 112 Å². The average Bonchev–Trinajstić information content (AvgIpc) is 2.81. The normalized spacial score (nSPS) is 10.9. The van der Waals surface area contributed by atoms with Gasteiger partial charge in [0.15, 0.2) is 0 Å². The molecule has 176 valence electrons. The van der Waals surface area contributed by atoms with Gasteiger partial charge in [0, 0.05) is 0 Å². The van der Waals surface area contributed by atoms with Gasteiger partial charge in [-0.3, -0.25) is 0 Å². The van der Waals surface area contributed by atoms with Crippen molar-refractivity contribution in [3.05, 3.63) is 47.5 Å². The molecular weight excluding hydrogens is 400 g/mol. The second-order valence-electron chi connectivity index (χ2n) is 8.52. The Morgan fingerprint density at radius 2 is 1.16 bits per heavy atom. The van der Waals surface area contributed by atoms with E-state index in [4.69, 9.17) is 9.47 Å². The Labute approximate surface area is 193 Å². The van der Waals surface area contributed by atoms with Gasteiger partial charge in [0.05, 0.1) is 24.3 Å². The standard InChI is InChI=1S/C28H40O4/c1-3-5-7-9-11-15-21-31-27(29)25-20-19-23-17-13-14-18-24(23)26(25)28(30)32-22-16-12-10-8-6-4-2/h13-14,17-20H,3-12,15-16,21-22H2,1-2H3. The van der Waals surface area contributed by atoms with E-state index >= 15 is 0 Å². The molecule has 32 heavy (non-hydrogen) atoms. The lowest BCUT2D eigenvalue weighted by Crippen LogP contribution is -2.15. The molecule has 0 aromatic heterocycles. The van der Waals surface area contributed by atoms with E-state index in [0.717, 1.165) is 49.3 Å². The van der Waals surface area contributed by atoms with Gasteiger partial charge in [0.2, 0.25) is 0 Å². The lowest BCUT2D eigenvalue weighted by Gasteiger charge is -2.13. The number of rotatable bonds is 16. The third-order valence-electron chi connectivity index (χ3n) is 5.82. The first-order chi connectivity index (χ1) is 15.7. The van der Waals surface area contributed by atoms with Crippen LogP contribution in [0.3, 0.4) is 0 Å². The van der Waals surface area contributed by atoms with Crippen molar-refractivity contribution < 1.29 is 19.1 Å². The van der Waals surface area contributed by atoms with Gasteiger partial charge in [-0.05, 0) is 29.7 Å². The highest BCUT2D eigenvalue weighted by atomic mass is 16.5. The van der Waals surface area contributed by atoms with E-state index in [1.807, 2.05) is 30.3 Å². The molecular formula is C28H40O4. The van der Waals surface area contributed by atoms with Crippen LogP contribution in [0.2, 0.25) is 0 Å². The smallest absolute Gasteiger partial charge is 0.339 e. The zero-order valence-corrected chi connectivity index (χ0v) is 20.0. The van der Waals surface area contributed by atoms with Gasteiger partial charge >= 0.3 is 11.9 Å². The minimum Gasteiger partial charge on any atom is -0.462 e. The molecule has 2 aromatic carbocycles. The molecule has 0 bridgehead atoms. The summed E-state index contributed by atoms with van der Waals surface area (Å²) in [5.74, 6) is -0.891. The Balaban J connectivity index is 1.97. The quantitative estimate of drug-likeness (QED) is 0.197. The Morgan fingerprint density at radius 1 is 0.625 bits per heavy atom. The third kappa shape index (κ3) is 8.64. The number of benzene rings is 2. The van der Waals surface area contributed by atoms with Gasteiger partial charge in [0.1, 0.15) is 0 Å². The molecule has 0 amide bonds. The summed E-state index contributed by atoms with van der Waals surface area (Å²) in [5.41, 5.74) is 0.615. The molecule has 4 nitrogen and oxygen atoms in total. The van der Waals surface area contributed by atoms with Crippen LogP contribution in [0, 0.1) is 0 Å². The summed E-state index contributed by atoms with van der Waals surface area (Å²) in [6, 6.07) is 11.1. The first kappa shape index (κ1) is 25.9. The average molecular weight is 441 g/mol. The summed E-state index contributed by atoms with van der Waals surface area (Å²) < 4.78 is 11.1. The zero-order chi connectivity index (χ0) is 23.0. The van der Waals surface area contributed by atoms with Crippen molar-refractivity contribution in [2.75, 3.05) is 13.2 Å². The third-order valence-corrected chi connectivity index (χ3v) is 5.82. The molecule has 0 saturated carbocycles. The van der Waals surface area contributed by atoms with Gasteiger partial charge in [0.25, 0.3) is 0 Å². The predicted octanol–water partition coefficient (Wildman–Crippen LogP) is 7.87. The van der Waals surface area contributed by atoms with Gasteiger partial charge < -0.3 is 9.47 Å². The van der Waals surface area contributed by atoms with E-state index in [1.165, 1.54) is 38.5 Å². The SMILES string of the molecule is CCCCCCCCOC(=O)c1ccc2ccccc2c1C(=O)OCCCCCCCC. The first-order valence-electron chi connectivity index (χ1n) is 12.5. The second-order valence-corrected chi connectivity index (χ2v) is 8.52. The maximum Gasteiger partial charge on any atom is 0.339 e. The number of carbonyl (C=O) groups is 2. The molecule has 0 atom stereocenters. The molecule has 2 rings (SSSR count). The Morgan fingerprint density at radius 3 is 1.78 bits per heavy atom. The second kappa shape index (κ2) is 15.4. The monoisotopic (exact) mass is 440 g/mol. The maximum absolute atomic E-state index is 13.0. The molecule has 0 saturated heterocycles. The van der Waals surface area contributed by atoms with E-state index in [1.54, 1.807) is 6.07 Å².